The van der Waals surface area contributed by atoms with Crippen LogP contribution in [0.3, 0.4) is 0 Å². The van der Waals surface area contributed by atoms with Gasteiger partial charge >= 0.3 is 0 Å². The molecule has 1 heterocycles. The summed E-state index contributed by atoms with van der Waals surface area (Å²) in [5.41, 5.74) is 10.6. The molecule has 0 saturated carbocycles. The summed E-state index contributed by atoms with van der Waals surface area (Å²) in [6.07, 6.45) is 1.93. The maximum atomic E-state index is 5.00. The van der Waals surface area contributed by atoms with E-state index in [9.17, 15) is 0 Å². The monoisotopic (exact) mass is 397 g/mol. The Labute approximate surface area is 180 Å². The van der Waals surface area contributed by atoms with Crippen molar-refractivity contribution in [2.24, 2.45) is 9.98 Å². The topological polar surface area (TPSA) is 37.6 Å². The molecule has 0 atom stereocenters. The van der Waals surface area contributed by atoms with Gasteiger partial charge in [0, 0.05) is 0 Å². The average molecular weight is 398 g/mol. The zero-order valence-corrected chi connectivity index (χ0v) is 19.0. The largest absolute Gasteiger partial charge is 0.251 e. The van der Waals surface area contributed by atoms with E-state index in [1.807, 2.05) is 32.0 Å². The summed E-state index contributed by atoms with van der Waals surface area (Å²) in [5, 5.41) is 0. The summed E-state index contributed by atoms with van der Waals surface area (Å²) in [4.78, 5) is 14.8. The normalized spacial score (nSPS) is 12.3. The number of para-hydroxylation sites is 2. The zero-order valence-electron chi connectivity index (χ0n) is 19.0. The lowest BCUT2D eigenvalue weighted by Crippen LogP contribution is -2.05. The van der Waals surface area contributed by atoms with Gasteiger partial charge in [-0.3, -0.25) is 9.98 Å². The summed E-state index contributed by atoms with van der Waals surface area (Å²) in [7, 11) is 0. The van der Waals surface area contributed by atoms with Crippen LogP contribution in [0.2, 0.25) is 0 Å². The summed E-state index contributed by atoms with van der Waals surface area (Å²) in [5.74, 6) is 0. The second-order valence-electron chi connectivity index (χ2n) is 7.67. The fraction of sp³-hybridized carbons (Fsp3) is 0.296. The number of nitrogens with zero attached hydrogens (tertiary/aromatic N) is 3. The minimum atomic E-state index is 0.879. The molecule has 0 bridgehead atoms. The lowest BCUT2D eigenvalue weighted by molar-refractivity contribution is 1.08. The van der Waals surface area contributed by atoms with Crippen LogP contribution in [-0.2, 0) is 12.8 Å². The number of pyridine rings is 1. The number of benzene rings is 2. The average Bonchev–Trinajstić information content (AvgIpc) is 2.76. The third-order valence-electron chi connectivity index (χ3n) is 5.45. The molecule has 0 aliphatic carbocycles. The van der Waals surface area contributed by atoms with E-state index >= 15 is 0 Å². The lowest BCUT2D eigenvalue weighted by Gasteiger charge is -2.11. The maximum Gasteiger partial charge on any atom is 0.0849 e. The van der Waals surface area contributed by atoms with Crippen LogP contribution in [-0.4, -0.2) is 16.4 Å². The Balaban J connectivity index is 2.00. The standard InChI is InChI=1S/C27H31N3/c1-7-22-14-10-15-23(8-2)27(22)29-21(6)25-17-11-16-24(30-25)20(5)28-26-18(3)12-9-13-19(26)4/h9-17H,7-8H2,1-6H3/b28-20+,29-21+. The van der Waals surface area contributed by atoms with Crippen LogP contribution in [0.25, 0.3) is 0 Å². The second kappa shape index (κ2) is 9.62. The van der Waals surface area contributed by atoms with Gasteiger partial charge in [-0.05, 0) is 74.9 Å². The zero-order chi connectivity index (χ0) is 21.7. The van der Waals surface area contributed by atoms with Gasteiger partial charge in [-0.15, -0.1) is 0 Å². The molecule has 3 heteroatoms. The Morgan fingerprint density at radius 3 is 1.60 bits per heavy atom. The molecule has 0 amide bonds. The van der Waals surface area contributed by atoms with E-state index in [4.69, 9.17) is 15.0 Å². The number of aryl methyl sites for hydroxylation is 4. The molecular weight excluding hydrogens is 366 g/mol. The lowest BCUT2D eigenvalue weighted by atomic mass is 10.0. The van der Waals surface area contributed by atoms with Crippen molar-refractivity contribution in [2.45, 2.75) is 54.4 Å². The van der Waals surface area contributed by atoms with Gasteiger partial charge in [0.25, 0.3) is 0 Å². The molecule has 1 aromatic heterocycles. The van der Waals surface area contributed by atoms with Gasteiger partial charge in [0.1, 0.15) is 0 Å². The molecule has 3 aromatic rings. The van der Waals surface area contributed by atoms with E-state index < -0.39 is 0 Å². The first-order valence-electron chi connectivity index (χ1n) is 10.7. The Bertz CT molecular complexity index is 1060. The highest BCUT2D eigenvalue weighted by Crippen LogP contribution is 2.27. The van der Waals surface area contributed by atoms with Crippen molar-refractivity contribution >= 4 is 22.8 Å². The highest BCUT2D eigenvalue weighted by molar-refractivity contribution is 6.02. The van der Waals surface area contributed by atoms with Crippen LogP contribution < -0.4 is 0 Å². The van der Waals surface area contributed by atoms with Gasteiger partial charge in [-0.2, -0.15) is 0 Å². The van der Waals surface area contributed by atoms with Crippen LogP contribution in [0, 0.1) is 13.8 Å². The molecule has 3 rings (SSSR count). The van der Waals surface area contributed by atoms with E-state index in [0.29, 0.717) is 0 Å². The molecule has 154 valence electrons. The van der Waals surface area contributed by atoms with Gasteiger partial charge in [0.2, 0.25) is 0 Å². The van der Waals surface area contributed by atoms with Gasteiger partial charge < -0.3 is 0 Å². The van der Waals surface area contributed by atoms with Gasteiger partial charge in [0.15, 0.2) is 0 Å². The molecule has 3 nitrogen and oxygen atoms in total. The van der Waals surface area contributed by atoms with Crippen LogP contribution in [0.5, 0.6) is 0 Å². The van der Waals surface area contributed by atoms with E-state index in [0.717, 1.165) is 47.0 Å². The van der Waals surface area contributed by atoms with Gasteiger partial charge in [-0.1, -0.05) is 56.3 Å². The summed E-state index contributed by atoms with van der Waals surface area (Å²) >= 11 is 0. The van der Waals surface area contributed by atoms with Crippen LogP contribution in [0.15, 0.2) is 64.6 Å². The maximum absolute atomic E-state index is 5.00. The van der Waals surface area contributed by atoms with Crippen molar-refractivity contribution in [3.8, 4) is 0 Å². The van der Waals surface area contributed by atoms with Crippen LogP contribution in [0.1, 0.15) is 61.3 Å². The molecule has 0 aliphatic rings. The van der Waals surface area contributed by atoms with Crippen molar-refractivity contribution in [3.63, 3.8) is 0 Å². The number of aromatic nitrogens is 1. The first-order valence-corrected chi connectivity index (χ1v) is 10.7. The molecule has 0 unspecified atom stereocenters. The fourth-order valence-corrected chi connectivity index (χ4v) is 3.63. The number of rotatable bonds is 6. The smallest absolute Gasteiger partial charge is 0.0849 e. The van der Waals surface area contributed by atoms with Crippen molar-refractivity contribution in [2.75, 3.05) is 0 Å². The highest BCUT2D eigenvalue weighted by atomic mass is 14.8. The Hall–Kier alpha value is -3.07. The molecule has 0 radical (unpaired) electrons. The fourth-order valence-electron chi connectivity index (χ4n) is 3.63. The second-order valence-corrected chi connectivity index (χ2v) is 7.67. The number of hydrogen-bond donors (Lipinski definition) is 0. The first kappa shape index (κ1) is 21.6. The minimum absolute atomic E-state index is 0.879. The molecule has 2 aromatic carbocycles. The van der Waals surface area contributed by atoms with Gasteiger partial charge in [-0.25, -0.2) is 4.98 Å². The van der Waals surface area contributed by atoms with E-state index in [-0.39, 0.29) is 0 Å². The first-order chi connectivity index (χ1) is 14.4. The SMILES string of the molecule is CCc1cccc(CC)c1/N=C(\C)c1cccc(/C(C)=N/c2c(C)cccc2C)n1. The highest BCUT2D eigenvalue weighted by Gasteiger charge is 2.09. The van der Waals surface area contributed by atoms with Crippen molar-refractivity contribution < 1.29 is 0 Å². The van der Waals surface area contributed by atoms with Crippen molar-refractivity contribution in [1.29, 1.82) is 0 Å². The van der Waals surface area contributed by atoms with Gasteiger partial charge in [0.05, 0.1) is 34.2 Å². The van der Waals surface area contributed by atoms with E-state index in [1.165, 1.54) is 22.3 Å². The number of aliphatic imine (C=N–C) groups is 2. The third kappa shape index (κ3) is 4.73. The van der Waals surface area contributed by atoms with Crippen molar-refractivity contribution in [3.05, 3.63) is 88.2 Å². The predicted octanol–water partition coefficient (Wildman–Crippen LogP) is 7.10. The third-order valence-corrected chi connectivity index (χ3v) is 5.45. The minimum Gasteiger partial charge on any atom is -0.251 e. The Morgan fingerprint density at radius 1 is 0.667 bits per heavy atom. The summed E-state index contributed by atoms with van der Waals surface area (Å²) < 4.78 is 0. The molecule has 0 N–H and O–H groups in total. The Morgan fingerprint density at radius 2 is 1.10 bits per heavy atom. The summed E-state index contributed by atoms with van der Waals surface area (Å²) in [6.45, 7) is 12.6. The van der Waals surface area contributed by atoms with E-state index in [1.54, 1.807) is 0 Å². The Kier molecular flexibility index (Phi) is 6.94. The molecule has 0 fully saturated rings. The predicted molar refractivity (Wildman–Crippen MR) is 129 cm³/mol. The number of hydrogen-bond acceptors (Lipinski definition) is 3. The molecule has 0 aliphatic heterocycles. The molecule has 0 saturated heterocycles. The van der Waals surface area contributed by atoms with Crippen molar-refractivity contribution in [1.82, 2.24) is 4.98 Å². The molecule has 0 spiro atoms. The molecule has 30 heavy (non-hydrogen) atoms. The van der Waals surface area contributed by atoms with E-state index in [2.05, 4.69) is 64.1 Å². The van der Waals surface area contributed by atoms with Crippen LogP contribution in [0.4, 0.5) is 11.4 Å². The summed E-state index contributed by atoms with van der Waals surface area (Å²) in [6, 6.07) is 18.8. The van der Waals surface area contributed by atoms with Crippen LogP contribution >= 0.6 is 0 Å². The molecular formula is C27H31N3. The quantitative estimate of drug-likeness (QED) is 0.409.